The molecule has 190 valence electrons. The van der Waals surface area contributed by atoms with E-state index in [1.54, 1.807) is 0 Å². The molecule has 1 aromatic heterocycles. The molecule has 3 heteroatoms. The second-order valence-electron chi connectivity index (χ2n) is 9.00. The predicted octanol–water partition coefficient (Wildman–Crippen LogP) is 9.81. The third-order valence-electron chi connectivity index (χ3n) is 6.26. The van der Waals surface area contributed by atoms with E-state index in [0.29, 0.717) is 13.2 Å². The molecule has 3 nitrogen and oxygen atoms in total. The van der Waals surface area contributed by atoms with Crippen LogP contribution >= 0.6 is 0 Å². The summed E-state index contributed by atoms with van der Waals surface area (Å²) in [4.78, 5) is 0. The van der Waals surface area contributed by atoms with Gasteiger partial charge in [0.25, 0.3) is 0 Å². The Morgan fingerprint density at radius 2 is 1.35 bits per heavy atom. The highest BCUT2D eigenvalue weighted by Gasteiger charge is 2.19. The van der Waals surface area contributed by atoms with Crippen molar-refractivity contribution < 1.29 is 13.9 Å². The van der Waals surface area contributed by atoms with Crippen LogP contribution < -0.4 is 9.47 Å². The summed E-state index contributed by atoms with van der Waals surface area (Å²) in [6.45, 7) is 7.42. The fraction of sp³-hybridized carbons (Fsp3) is 0.265. The van der Waals surface area contributed by atoms with E-state index in [1.807, 2.05) is 44.2 Å². The molecule has 0 N–H and O–H groups in total. The molecule has 0 aliphatic carbocycles. The molecular formula is C34H37O3+. The Morgan fingerprint density at radius 1 is 0.676 bits per heavy atom. The van der Waals surface area contributed by atoms with Crippen LogP contribution in [-0.4, -0.2) is 13.2 Å². The first-order valence-electron chi connectivity index (χ1n) is 13.4. The standard InChI is InChI=1S/C34H37O3/c1-4-7-10-19-28(29-20-21-32(35-5-2)34(24-29)36-6-3)22-31-23-30(26-15-11-8-12-16-26)25-33(37-31)27-17-13-9-14-18-27/h8-9,11-18,20-25H,4-7,10,19H2,1-3H3/q+1. The largest absolute Gasteiger partial charge is 0.490 e. The fourth-order valence-electron chi connectivity index (χ4n) is 4.42. The minimum Gasteiger partial charge on any atom is -0.490 e. The van der Waals surface area contributed by atoms with Crippen molar-refractivity contribution in [3.05, 3.63) is 102 Å². The third-order valence-corrected chi connectivity index (χ3v) is 6.26. The average Bonchev–Trinajstić information content (AvgIpc) is 2.94. The molecule has 0 atom stereocenters. The Labute approximate surface area is 221 Å². The molecule has 4 aromatic rings. The van der Waals surface area contributed by atoms with E-state index in [9.17, 15) is 0 Å². The van der Waals surface area contributed by atoms with E-state index in [0.717, 1.165) is 58.1 Å². The molecule has 37 heavy (non-hydrogen) atoms. The summed E-state index contributed by atoms with van der Waals surface area (Å²) >= 11 is 0. The second-order valence-corrected chi connectivity index (χ2v) is 9.00. The molecule has 0 fully saturated rings. The van der Waals surface area contributed by atoms with Crippen LogP contribution in [0, 0.1) is 0 Å². The molecule has 0 aliphatic heterocycles. The Morgan fingerprint density at radius 3 is 2.03 bits per heavy atom. The van der Waals surface area contributed by atoms with Gasteiger partial charge in [0.1, 0.15) is 0 Å². The van der Waals surface area contributed by atoms with Crippen LogP contribution in [0.2, 0.25) is 0 Å². The summed E-state index contributed by atoms with van der Waals surface area (Å²) < 4.78 is 18.2. The summed E-state index contributed by atoms with van der Waals surface area (Å²) in [5.41, 5.74) is 5.71. The summed E-state index contributed by atoms with van der Waals surface area (Å²) in [6.07, 6.45) is 6.62. The van der Waals surface area contributed by atoms with Crippen LogP contribution in [0.15, 0.2) is 95.4 Å². The van der Waals surface area contributed by atoms with E-state index in [4.69, 9.17) is 13.9 Å². The minimum atomic E-state index is 0.591. The predicted molar refractivity (Wildman–Crippen MR) is 155 cm³/mol. The van der Waals surface area contributed by atoms with Crippen LogP contribution in [0.4, 0.5) is 0 Å². The van der Waals surface area contributed by atoms with Gasteiger partial charge in [-0.05, 0) is 67.7 Å². The molecule has 0 saturated carbocycles. The molecule has 4 rings (SSSR count). The summed E-state index contributed by atoms with van der Waals surface area (Å²) in [7, 11) is 0. The van der Waals surface area contributed by atoms with Gasteiger partial charge in [0.15, 0.2) is 11.5 Å². The molecule has 0 unspecified atom stereocenters. The fourth-order valence-corrected chi connectivity index (χ4v) is 4.42. The molecule has 0 radical (unpaired) electrons. The van der Waals surface area contributed by atoms with Gasteiger partial charge in [-0.2, -0.15) is 0 Å². The van der Waals surface area contributed by atoms with Crippen molar-refractivity contribution in [2.24, 2.45) is 0 Å². The van der Waals surface area contributed by atoms with Gasteiger partial charge in [-0.25, -0.2) is 4.42 Å². The first kappa shape index (κ1) is 26.2. The van der Waals surface area contributed by atoms with Crippen molar-refractivity contribution in [2.75, 3.05) is 13.2 Å². The van der Waals surface area contributed by atoms with E-state index in [1.165, 1.54) is 18.4 Å². The van der Waals surface area contributed by atoms with Crippen LogP contribution in [0.3, 0.4) is 0 Å². The van der Waals surface area contributed by atoms with Crippen LogP contribution in [0.1, 0.15) is 57.8 Å². The van der Waals surface area contributed by atoms with Crippen molar-refractivity contribution in [3.63, 3.8) is 0 Å². The minimum absolute atomic E-state index is 0.591. The monoisotopic (exact) mass is 493 g/mol. The maximum atomic E-state index is 6.49. The molecule has 0 bridgehead atoms. The lowest BCUT2D eigenvalue weighted by Gasteiger charge is -2.14. The number of allylic oxidation sites excluding steroid dienone is 1. The zero-order valence-electron chi connectivity index (χ0n) is 22.2. The summed E-state index contributed by atoms with van der Waals surface area (Å²) in [5.74, 6) is 3.24. The van der Waals surface area contributed by atoms with Gasteiger partial charge in [-0.15, -0.1) is 0 Å². The molecule has 0 saturated heterocycles. The topological polar surface area (TPSA) is 29.8 Å². The van der Waals surface area contributed by atoms with Gasteiger partial charge in [0, 0.05) is 11.6 Å². The highest BCUT2D eigenvalue weighted by Crippen LogP contribution is 2.35. The quantitative estimate of drug-likeness (QED) is 0.145. The maximum Gasteiger partial charge on any atom is 0.361 e. The van der Waals surface area contributed by atoms with E-state index in [-0.39, 0.29) is 0 Å². The van der Waals surface area contributed by atoms with Crippen molar-refractivity contribution in [1.82, 2.24) is 0 Å². The molecule has 0 spiro atoms. The zero-order valence-corrected chi connectivity index (χ0v) is 22.2. The first-order chi connectivity index (χ1) is 18.2. The van der Waals surface area contributed by atoms with Crippen molar-refractivity contribution in [3.8, 4) is 33.9 Å². The Hall–Kier alpha value is -3.85. The number of hydrogen-bond donors (Lipinski definition) is 0. The number of unbranched alkanes of at least 4 members (excludes halogenated alkanes) is 2. The van der Waals surface area contributed by atoms with Crippen LogP contribution in [0.5, 0.6) is 11.5 Å². The van der Waals surface area contributed by atoms with Gasteiger partial charge in [0.05, 0.1) is 30.9 Å². The Kier molecular flexibility index (Phi) is 9.54. The van der Waals surface area contributed by atoms with Crippen molar-refractivity contribution in [2.45, 2.75) is 46.5 Å². The second kappa shape index (κ2) is 13.5. The van der Waals surface area contributed by atoms with Gasteiger partial charge >= 0.3 is 11.5 Å². The third kappa shape index (κ3) is 7.10. The van der Waals surface area contributed by atoms with Gasteiger partial charge in [-0.1, -0.05) is 74.4 Å². The van der Waals surface area contributed by atoms with Crippen molar-refractivity contribution >= 4 is 11.6 Å². The Bertz CT molecular complexity index is 1240. The highest BCUT2D eigenvalue weighted by atomic mass is 16.5. The Balaban J connectivity index is 1.82. The molecular weight excluding hydrogens is 456 g/mol. The lowest BCUT2D eigenvalue weighted by molar-refractivity contribution is 0.287. The van der Waals surface area contributed by atoms with Gasteiger partial charge in [0.2, 0.25) is 0 Å². The number of ether oxygens (including phenoxy) is 2. The number of benzene rings is 3. The molecule has 0 amide bonds. The zero-order chi connectivity index (χ0) is 25.9. The first-order valence-corrected chi connectivity index (χ1v) is 13.4. The van der Waals surface area contributed by atoms with E-state index >= 15 is 0 Å². The molecule has 0 aliphatic rings. The number of rotatable bonds is 12. The van der Waals surface area contributed by atoms with Gasteiger partial charge in [-0.3, -0.25) is 0 Å². The lowest BCUT2D eigenvalue weighted by Crippen LogP contribution is -1.99. The van der Waals surface area contributed by atoms with E-state index < -0.39 is 0 Å². The number of hydrogen-bond acceptors (Lipinski definition) is 2. The van der Waals surface area contributed by atoms with Crippen LogP contribution in [-0.2, 0) is 0 Å². The highest BCUT2D eigenvalue weighted by molar-refractivity contribution is 5.83. The average molecular weight is 494 g/mol. The lowest BCUT2D eigenvalue weighted by atomic mass is 9.97. The maximum absolute atomic E-state index is 6.49. The SMILES string of the molecule is CCCCCC(=Cc1cc(-c2ccccc2)cc(-c2ccccc2)[o+]1)c1ccc(OCC)c(OCC)c1. The molecule has 3 aromatic carbocycles. The van der Waals surface area contributed by atoms with Crippen LogP contribution in [0.25, 0.3) is 34.1 Å². The normalized spacial score (nSPS) is 11.4. The molecule has 1 heterocycles. The summed E-state index contributed by atoms with van der Waals surface area (Å²) in [6, 6.07) is 31.3. The van der Waals surface area contributed by atoms with Gasteiger partial charge < -0.3 is 9.47 Å². The van der Waals surface area contributed by atoms with E-state index in [2.05, 4.69) is 73.7 Å². The smallest absolute Gasteiger partial charge is 0.361 e. The summed E-state index contributed by atoms with van der Waals surface area (Å²) in [5, 5.41) is 0. The van der Waals surface area contributed by atoms with Crippen molar-refractivity contribution in [1.29, 1.82) is 0 Å².